The highest BCUT2D eigenvalue weighted by Gasteiger charge is 2.20. The number of carbonyl (C=O) groups excluding carboxylic acids is 1. The molecule has 0 saturated carbocycles. The van der Waals surface area contributed by atoms with Crippen molar-refractivity contribution in [2.75, 3.05) is 39.3 Å². The van der Waals surface area contributed by atoms with E-state index in [4.69, 9.17) is 0 Å². The van der Waals surface area contributed by atoms with Crippen LogP contribution in [0.5, 0.6) is 5.75 Å². The number of hydrogen-bond acceptors (Lipinski definition) is 4. The summed E-state index contributed by atoms with van der Waals surface area (Å²) < 4.78 is 0. The highest BCUT2D eigenvalue weighted by atomic mass is 16.3. The number of phenolic OH excluding ortho intramolecular Hbond substituents is 1. The van der Waals surface area contributed by atoms with Crippen molar-refractivity contribution in [2.24, 2.45) is 5.92 Å². The lowest BCUT2D eigenvalue weighted by atomic mass is 9.93. The molecular weight excluding hydrogens is 330 g/mol. The van der Waals surface area contributed by atoms with E-state index in [9.17, 15) is 15.0 Å². The molecule has 26 heavy (non-hydrogen) atoms. The lowest BCUT2D eigenvalue weighted by Crippen LogP contribution is -2.43. The number of urea groups is 1. The molecule has 1 aromatic carbocycles. The number of nitrogens with zero attached hydrogens (tertiary/aromatic N) is 2. The van der Waals surface area contributed by atoms with Gasteiger partial charge in [0, 0.05) is 13.1 Å². The Morgan fingerprint density at radius 1 is 1.35 bits per heavy atom. The highest BCUT2D eigenvalue weighted by molar-refractivity contribution is 5.74. The number of likely N-dealkylation sites (N-methyl/N-ethyl adjacent to an activating group) is 1. The van der Waals surface area contributed by atoms with Gasteiger partial charge in [-0.1, -0.05) is 19.1 Å². The van der Waals surface area contributed by atoms with Crippen LogP contribution in [0.1, 0.15) is 44.8 Å². The standard InChI is InChI=1S/C20H33N3O3/c1-3-22-12-9-16(10-13-22)8-11-21-20(26)23(4-2)15-19(25)17-6-5-7-18(24)14-17/h5-7,14,16,19,24-25H,3-4,8-13,15H2,1-2H3,(H,21,26). The first-order valence-corrected chi connectivity index (χ1v) is 9.75. The van der Waals surface area contributed by atoms with Gasteiger partial charge in [0.15, 0.2) is 0 Å². The summed E-state index contributed by atoms with van der Waals surface area (Å²) in [6, 6.07) is 6.38. The number of piperidine rings is 1. The number of nitrogens with one attached hydrogen (secondary N) is 1. The Balaban J connectivity index is 1.74. The van der Waals surface area contributed by atoms with E-state index in [1.165, 1.54) is 18.9 Å². The summed E-state index contributed by atoms with van der Waals surface area (Å²) in [5.41, 5.74) is 0.610. The lowest BCUT2D eigenvalue weighted by Gasteiger charge is -2.31. The van der Waals surface area contributed by atoms with Gasteiger partial charge in [0.25, 0.3) is 0 Å². The molecule has 1 aromatic rings. The minimum absolute atomic E-state index is 0.114. The summed E-state index contributed by atoms with van der Waals surface area (Å²) in [6.45, 7) is 8.95. The minimum Gasteiger partial charge on any atom is -0.508 e. The molecule has 1 saturated heterocycles. The average molecular weight is 364 g/mol. The zero-order chi connectivity index (χ0) is 18.9. The van der Waals surface area contributed by atoms with E-state index >= 15 is 0 Å². The zero-order valence-electron chi connectivity index (χ0n) is 16.0. The second-order valence-electron chi connectivity index (χ2n) is 7.05. The fourth-order valence-corrected chi connectivity index (χ4v) is 3.49. The summed E-state index contributed by atoms with van der Waals surface area (Å²) in [5, 5.41) is 22.9. The van der Waals surface area contributed by atoms with Gasteiger partial charge in [0.05, 0.1) is 12.6 Å². The number of rotatable bonds is 8. The van der Waals surface area contributed by atoms with Crippen molar-refractivity contribution in [3.8, 4) is 5.75 Å². The predicted molar refractivity (Wildman–Crippen MR) is 103 cm³/mol. The van der Waals surface area contributed by atoms with Crippen molar-refractivity contribution in [3.63, 3.8) is 0 Å². The average Bonchev–Trinajstić information content (AvgIpc) is 2.66. The Morgan fingerprint density at radius 3 is 2.69 bits per heavy atom. The van der Waals surface area contributed by atoms with E-state index in [1.54, 1.807) is 23.1 Å². The number of aliphatic hydroxyl groups excluding tert-OH is 1. The summed E-state index contributed by atoms with van der Waals surface area (Å²) in [5.74, 6) is 0.800. The molecular formula is C20H33N3O3. The summed E-state index contributed by atoms with van der Waals surface area (Å²) in [4.78, 5) is 16.5. The van der Waals surface area contributed by atoms with Gasteiger partial charge in [-0.25, -0.2) is 4.79 Å². The van der Waals surface area contributed by atoms with E-state index in [-0.39, 0.29) is 18.3 Å². The van der Waals surface area contributed by atoms with Gasteiger partial charge in [-0.2, -0.15) is 0 Å². The molecule has 146 valence electrons. The Morgan fingerprint density at radius 2 is 2.08 bits per heavy atom. The van der Waals surface area contributed by atoms with Crippen LogP contribution in [0.15, 0.2) is 24.3 Å². The van der Waals surface area contributed by atoms with Crippen molar-refractivity contribution >= 4 is 6.03 Å². The number of amides is 2. The fourth-order valence-electron chi connectivity index (χ4n) is 3.49. The normalized spacial score (nSPS) is 17.0. The Kier molecular flexibility index (Phi) is 8.19. The van der Waals surface area contributed by atoms with Gasteiger partial charge in [0.2, 0.25) is 0 Å². The second-order valence-corrected chi connectivity index (χ2v) is 7.05. The largest absolute Gasteiger partial charge is 0.508 e. The lowest BCUT2D eigenvalue weighted by molar-refractivity contribution is 0.122. The molecule has 1 unspecified atom stereocenters. The maximum atomic E-state index is 12.4. The van der Waals surface area contributed by atoms with E-state index in [0.29, 0.717) is 24.6 Å². The van der Waals surface area contributed by atoms with E-state index in [1.807, 2.05) is 6.92 Å². The number of phenols is 1. The van der Waals surface area contributed by atoms with Gasteiger partial charge < -0.3 is 25.3 Å². The van der Waals surface area contributed by atoms with Crippen LogP contribution in [0.25, 0.3) is 0 Å². The highest BCUT2D eigenvalue weighted by Crippen LogP contribution is 2.20. The molecule has 0 aromatic heterocycles. The smallest absolute Gasteiger partial charge is 0.317 e. The number of benzene rings is 1. The Bertz CT molecular complexity index is 559. The van der Waals surface area contributed by atoms with Crippen LogP contribution in [0.3, 0.4) is 0 Å². The van der Waals surface area contributed by atoms with Gasteiger partial charge in [-0.3, -0.25) is 0 Å². The third-order valence-electron chi connectivity index (χ3n) is 5.30. The molecule has 6 nitrogen and oxygen atoms in total. The summed E-state index contributed by atoms with van der Waals surface area (Å²) >= 11 is 0. The first kappa shape index (κ1) is 20.5. The molecule has 1 aliphatic rings. The van der Waals surface area contributed by atoms with Crippen LogP contribution in [0, 0.1) is 5.92 Å². The molecule has 0 radical (unpaired) electrons. The van der Waals surface area contributed by atoms with Crippen LogP contribution >= 0.6 is 0 Å². The van der Waals surface area contributed by atoms with Gasteiger partial charge in [-0.05, 0) is 69.4 Å². The number of aromatic hydroxyl groups is 1. The molecule has 2 amide bonds. The third-order valence-corrected chi connectivity index (χ3v) is 5.30. The molecule has 0 spiro atoms. The van der Waals surface area contributed by atoms with E-state index < -0.39 is 6.10 Å². The maximum absolute atomic E-state index is 12.4. The monoisotopic (exact) mass is 363 g/mol. The van der Waals surface area contributed by atoms with Crippen molar-refractivity contribution in [3.05, 3.63) is 29.8 Å². The molecule has 1 heterocycles. The topological polar surface area (TPSA) is 76.0 Å². The maximum Gasteiger partial charge on any atom is 0.317 e. The quantitative estimate of drug-likeness (QED) is 0.663. The molecule has 3 N–H and O–H groups in total. The molecule has 0 aliphatic carbocycles. The van der Waals surface area contributed by atoms with E-state index in [0.717, 1.165) is 26.1 Å². The third kappa shape index (κ3) is 6.18. The second kappa shape index (κ2) is 10.4. The molecule has 0 bridgehead atoms. The summed E-state index contributed by atoms with van der Waals surface area (Å²) in [6.07, 6.45) is 2.61. The van der Waals surface area contributed by atoms with Crippen LogP contribution in [-0.4, -0.2) is 65.3 Å². The minimum atomic E-state index is -0.814. The Hall–Kier alpha value is -1.79. The molecule has 2 rings (SSSR count). The molecule has 1 fully saturated rings. The van der Waals surface area contributed by atoms with Crippen molar-refractivity contribution in [1.82, 2.24) is 15.1 Å². The van der Waals surface area contributed by atoms with Crippen LogP contribution in [-0.2, 0) is 0 Å². The fraction of sp³-hybridized carbons (Fsp3) is 0.650. The van der Waals surface area contributed by atoms with Gasteiger partial charge in [-0.15, -0.1) is 0 Å². The van der Waals surface area contributed by atoms with E-state index in [2.05, 4.69) is 17.1 Å². The van der Waals surface area contributed by atoms with Gasteiger partial charge in [0.1, 0.15) is 5.75 Å². The Labute approximate surface area is 156 Å². The first-order valence-electron chi connectivity index (χ1n) is 9.75. The summed E-state index contributed by atoms with van der Waals surface area (Å²) in [7, 11) is 0. The zero-order valence-corrected chi connectivity index (χ0v) is 16.0. The van der Waals surface area contributed by atoms with Crippen LogP contribution < -0.4 is 5.32 Å². The predicted octanol–water partition coefficient (Wildman–Crippen LogP) is 2.58. The van der Waals surface area contributed by atoms with Crippen LogP contribution in [0.4, 0.5) is 4.79 Å². The van der Waals surface area contributed by atoms with Crippen molar-refractivity contribution in [2.45, 2.75) is 39.2 Å². The molecule has 1 atom stereocenters. The number of carbonyl (C=O) groups is 1. The number of hydrogen-bond donors (Lipinski definition) is 3. The molecule has 1 aliphatic heterocycles. The van der Waals surface area contributed by atoms with Gasteiger partial charge >= 0.3 is 6.03 Å². The number of aliphatic hydroxyl groups is 1. The number of likely N-dealkylation sites (tertiary alicyclic amines) is 1. The van der Waals surface area contributed by atoms with Crippen LogP contribution in [0.2, 0.25) is 0 Å². The van der Waals surface area contributed by atoms with Crippen molar-refractivity contribution in [1.29, 1.82) is 0 Å². The SMILES string of the molecule is CCN1CCC(CCNC(=O)N(CC)CC(O)c2cccc(O)c2)CC1. The van der Waals surface area contributed by atoms with Crippen molar-refractivity contribution < 1.29 is 15.0 Å². The first-order chi connectivity index (χ1) is 12.5. The molecule has 6 heteroatoms.